The van der Waals surface area contributed by atoms with Gasteiger partial charge in [-0.15, -0.1) is 0 Å². The standard InChI is InChI=1S/C18H17F2N3O2/c1-22(2)18(25)23-17(11-4-3-5-13(24)8-11)10-16(21-23)14-9-12(19)6-7-15(14)20/h3-9,17,24H,10H2,1-2H3. The number of phenolic OH excluding ortho intramolecular Hbond substituents is 1. The van der Waals surface area contributed by atoms with E-state index in [0.29, 0.717) is 5.56 Å². The largest absolute Gasteiger partial charge is 0.508 e. The van der Waals surface area contributed by atoms with Crippen molar-refractivity contribution in [2.45, 2.75) is 12.5 Å². The minimum absolute atomic E-state index is 0.0270. The fourth-order valence-corrected chi connectivity index (χ4v) is 2.76. The van der Waals surface area contributed by atoms with Crippen LogP contribution in [0.3, 0.4) is 0 Å². The van der Waals surface area contributed by atoms with Crippen molar-refractivity contribution in [1.82, 2.24) is 9.91 Å². The van der Waals surface area contributed by atoms with Crippen LogP contribution in [-0.4, -0.2) is 40.9 Å². The summed E-state index contributed by atoms with van der Waals surface area (Å²) in [5, 5.41) is 15.2. The van der Waals surface area contributed by atoms with E-state index in [1.807, 2.05) is 0 Å². The number of urea groups is 1. The SMILES string of the molecule is CN(C)C(=O)N1N=C(c2cc(F)ccc2F)CC1c1cccc(O)c1. The number of halogens is 2. The van der Waals surface area contributed by atoms with E-state index >= 15 is 0 Å². The summed E-state index contributed by atoms with van der Waals surface area (Å²) in [6.07, 6.45) is 0.212. The molecule has 1 aliphatic rings. The van der Waals surface area contributed by atoms with Gasteiger partial charge in [0.1, 0.15) is 17.4 Å². The first-order valence-electron chi connectivity index (χ1n) is 7.69. The lowest BCUT2D eigenvalue weighted by atomic mass is 9.98. The molecule has 2 aromatic rings. The number of aromatic hydroxyl groups is 1. The van der Waals surface area contributed by atoms with Gasteiger partial charge in [0, 0.05) is 26.1 Å². The minimum Gasteiger partial charge on any atom is -0.508 e. The molecule has 5 nitrogen and oxygen atoms in total. The van der Waals surface area contributed by atoms with Crippen LogP contribution in [0.15, 0.2) is 47.6 Å². The zero-order valence-corrected chi connectivity index (χ0v) is 13.8. The summed E-state index contributed by atoms with van der Waals surface area (Å²) < 4.78 is 27.6. The third-order valence-corrected chi connectivity index (χ3v) is 3.98. The maximum atomic E-state index is 14.1. The van der Waals surface area contributed by atoms with Gasteiger partial charge >= 0.3 is 6.03 Å². The van der Waals surface area contributed by atoms with Crippen LogP contribution in [0.5, 0.6) is 5.75 Å². The van der Waals surface area contributed by atoms with Gasteiger partial charge in [-0.3, -0.25) is 0 Å². The van der Waals surface area contributed by atoms with Crippen molar-refractivity contribution in [3.05, 3.63) is 65.2 Å². The number of hydrazone groups is 1. The molecule has 2 aromatic carbocycles. The van der Waals surface area contributed by atoms with Crippen molar-refractivity contribution in [3.63, 3.8) is 0 Å². The van der Waals surface area contributed by atoms with Crippen LogP contribution in [-0.2, 0) is 0 Å². The number of rotatable bonds is 2. The molecular weight excluding hydrogens is 328 g/mol. The van der Waals surface area contributed by atoms with Crippen molar-refractivity contribution in [1.29, 1.82) is 0 Å². The third kappa shape index (κ3) is 3.31. The number of benzene rings is 2. The van der Waals surface area contributed by atoms with Crippen LogP contribution in [0, 0.1) is 11.6 Å². The number of amides is 2. The normalized spacial score (nSPS) is 16.7. The Morgan fingerprint density at radius 1 is 1.24 bits per heavy atom. The molecule has 0 spiro atoms. The van der Waals surface area contributed by atoms with E-state index in [1.165, 1.54) is 22.0 Å². The first-order chi connectivity index (χ1) is 11.9. The van der Waals surface area contributed by atoms with Crippen LogP contribution < -0.4 is 0 Å². The lowest BCUT2D eigenvalue weighted by Gasteiger charge is -2.25. The van der Waals surface area contributed by atoms with Gasteiger partial charge < -0.3 is 10.0 Å². The van der Waals surface area contributed by atoms with Crippen LogP contribution >= 0.6 is 0 Å². The Morgan fingerprint density at radius 3 is 2.68 bits per heavy atom. The number of nitrogens with zero attached hydrogens (tertiary/aromatic N) is 3. The average molecular weight is 345 g/mol. The highest BCUT2D eigenvalue weighted by atomic mass is 19.1. The zero-order chi connectivity index (χ0) is 18.1. The van der Waals surface area contributed by atoms with Gasteiger partial charge in [-0.2, -0.15) is 5.10 Å². The molecule has 1 unspecified atom stereocenters. The molecule has 1 N–H and O–H groups in total. The monoisotopic (exact) mass is 345 g/mol. The lowest BCUT2D eigenvalue weighted by molar-refractivity contribution is 0.159. The summed E-state index contributed by atoms with van der Waals surface area (Å²) in [6, 6.07) is 8.68. The summed E-state index contributed by atoms with van der Waals surface area (Å²) in [6.45, 7) is 0. The molecule has 3 rings (SSSR count). The molecule has 1 atom stereocenters. The fourth-order valence-electron chi connectivity index (χ4n) is 2.76. The van der Waals surface area contributed by atoms with Crippen molar-refractivity contribution in [3.8, 4) is 5.75 Å². The van der Waals surface area contributed by atoms with E-state index < -0.39 is 17.7 Å². The predicted molar refractivity (Wildman–Crippen MR) is 89.3 cm³/mol. The first-order valence-corrected chi connectivity index (χ1v) is 7.69. The number of hydrogen-bond acceptors (Lipinski definition) is 3. The van der Waals surface area contributed by atoms with Crippen molar-refractivity contribution in [2.75, 3.05) is 14.1 Å². The van der Waals surface area contributed by atoms with Gasteiger partial charge in [0.15, 0.2) is 0 Å². The molecule has 0 radical (unpaired) electrons. The predicted octanol–water partition coefficient (Wildman–Crippen LogP) is 3.50. The first kappa shape index (κ1) is 16.9. The van der Waals surface area contributed by atoms with Crippen LogP contribution in [0.1, 0.15) is 23.6 Å². The van der Waals surface area contributed by atoms with E-state index in [9.17, 15) is 18.7 Å². The molecule has 7 heteroatoms. The molecule has 1 aliphatic heterocycles. The maximum Gasteiger partial charge on any atom is 0.340 e. The summed E-state index contributed by atoms with van der Waals surface area (Å²) in [5.74, 6) is -1.13. The van der Waals surface area contributed by atoms with Crippen molar-refractivity contribution >= 4 is 11.7 Å². The minimum atomic E-state index is -0.603. The van der Waals surface area contributed by atoms with E-state index in [-0.39, 0.29) is 29.5 Å². The molecule has 0 aliphatic carbocycles. The van der Waals surface area contributed by atoms with Gasteiger partial charge in [0.05, 0.1) is 11.8 Å². The summed E-state index contributed by atoms with van der Waals surface area (Å²) in [5.41, 5.74) is 0.963. The van der Waals surface area contributed by atoms with E-state index in [0.717, 1.165) is 18.2 Å². The second-order valence-corrected chi connectivity index (χ2v) is 6.01. The molecule has 0 aromatic heterocycles. The number of carbonyl (C=O) groups excluding carboxylic acids is 1. The van der Waals surface area contributed by atoms with Crippen LogP contribution in [0.4, 0.5) is 13.6 Å². The average Bonchev–Trinajstić information content (AvgIpc) is 3.01. The van der Waals surface area contributed by atoms with Gasteiger partial charge in [0.2, 0.25) is 0 Å². The summed E-state index contributed by atoms with van der Waals surface area (Å²) in [7, 11) is 3.16. The molecule has 2 amide bonds. The molecule has 0 saturated heterocycles. The molecule has 0 fully saturated rings. The fraction of sp³-hybridized carbons (Fsp3) is 0.222. The number of hydrogen-bond donors (Lipinski definition) is 1. The van der Waals surface area contributed by atoms with E-state index in [4.69, 9.17) is 0 Å². The Hall–Kier alpha value is -2.96. The quantitative estimate of drug-likeness (QED) is 0.906. The molecule has 0 saturated carbocycles. The highest BCUT2D eigenvalue weighted by Crippen LogP contribution is 2.35. The summed E-state index contributed by atoms with van der Waals surface area (Å²) >= 11 is 0. The Balaban J connectivity index is 2.03. The van der Waals surface area contributed by atoms with E-state index in [2.05, 4.69) is 5.10 Å². The Labute approximate surface area is 143 Å². The lowest BCUT2D eigenvalue weighted by Crippen LogP contribution is -2.36. The van der Waals surface area contributed by atoms with Gasteiger partial charge in [-0.25, -0.2) is 18.6 Å². The van der Waals surface area contributed by atoms with E-state index in [1.54, 1.807) is 26.2 Å². The molecule has 25 heavy (non-hydrogen) atoms. The smallest absolute Gasteiger partial charge is 0.340 e. The highest BCUT2D eigenvalue weighted by molar-refractivity contribution is 6.03. The third-order valence-electron chi connectivity index (χ3n) is 3.98. The second kappa shape index (κ2) is 6.51. The highest BCUT2D eigenvalue weighted by Gasteiger charge is 2.35. The Morgan fingerprint density at radius 2 is 2.00 bits per heavy atom. The molecule has 0 bridgehead atoms. The second-order valence-electron chi connectivity index (χ2n) is 6.01. The number of carbonyl (C=O) groups is 1. The topological polar surface area (TPSA) is 56.1 Å². The van der Waals surface area contributed by atoms with Gasteiger partial charge in [-0.05, 0) is 35.9 Å². The van der Waals surface area contributed by atoms with Crippen molar-refractivity contribution in [2.24, 2.45) is 5.10 Å². The molecule has 1 heterocycles. The molecular formula is C18H17F2N3O2. The van der Waals surface area contributed by atoms with Crippen LogP contribution in [0.25, 0.3) is 0 Å². The van der Waals surface area contributed by atoms with Gasteiger partial charge in [0.25, 0.3) is 0 Å². The van der Waals surface area contributed by atoms with Gasteiger partial charge in [-0.1, -0.05) is 12.1 Å². The Bertz CT molecular complexity index is 852. The van der Waals surface area contributed by atoms with Crippen LogP contribution in [0.2, 0.25) is 0 Å². The molecule has 130 valence electrons. The van der Waals surface area contributed by atoms with Crippen molar-refractivity contribution < 1.29 is 18.7 Å². The summed E-state index contributed by atoms with van der Waals surface area (Å²) in [4.78, 5) is 13.8. The zero-order valence-electron chi connectivity index (χ0n) is 13.8. The number of phenols is 1. The Kier molecular flexibility index (Phi) is 4.39. The maximum absolute atomic E-state index is 14.1.